The molecule has 2 aliphatic rings. The minimum Gasteiger partial charge on any atom is -0.497 e. The summed E-state index contributed by atoms with van der Waals surface area (Å²) in [6.45, 7) is 4.75. The average Bonchev–Trinajstić information content (AvgIpc) is 2.92. The lowest BCUT2D eigenvalue weighted by molar-refractivity contribution is 0.189. The van der Waals surface area contributed by atoms with Crippen molar-refractivity contribution in [2.45, 2.75) is 30.6 Å². The molecule has 0 N–H and O–H groups in total. The van der Waals surface area contributed by atoms with E-state index in [1.54, 1.807) is 41.7 Å². The minimum atomic E-state index is -3.53. The van der Waals surface area contributed by atoms with Gasteiger partial charge in [-0.3, -0.25) is 0 Å². The van der Waals surface area contributed by atoms with Gasteiger partial charge in [-0.05, 0) is 61.7 Å². The quantitative estimate of drug-likeness (QED) is 0.480. The number of sulfonamides is 1. The van der Waals surface area contributed by atoms with Crippen molar-refractivity contribution < 1.29 is 17.5 Å². The Morgan fingerprint density at radius 3 is 2.33 bits per heavy atom. The third-order valence-electron chi connectivity index (χ3n) is 7.02. The van der Waals surface area contributed by atoms with Gasteiger partial charge in [0.15, 0.2) is 0 Å². The van der Waals surface area contributed by atoms with E-state index in [2.05, 4.69) is 9.80 Å². The van der Waals surface area contributed by atoms with Gasteiger partial charge >= 0.3 is 0 Å². The Morgan fingerprint density at radius 2 is 1.64 bits per heavy atom. The van der Waals surface area contributed by atoms with Gasteiger partial charge in [0.1, 0.15) is 23.2 Å². The number of benzene rings is 2. The Labute approximate surface area is 211 Å². The number of hydrogen-bond acceptors (Lipinski definition) is 7. The molecule has 0 unspecified atom stereocenters. The molecule has 2 fully saturated rings. The maximum absolute atomic E-state index is 14.0. The van der Waals surface area contributed by atoms with Crippen LogP contribution >= 0.6 is 0 Å². The molecule has 3 heterocycles. The second-order valence-electron chi connectivity index (χ2n) is 9.34. The predicted octanol–water partition coefficient (Wildman–Crippen LogP) is 3.32. The number of ether oxygens (including phenoxy) is 1. The van der Waals surface area contributed by atoms with Crippen LogP contribution in [0.25, 0.3) is 10.9 Å². The number of rotatable bonds is 7. The van der Waals surface area contributed by atoms with Crippen LogP contribution in [-0.4, -0.2) is 80.5 Å². The molecule has 10 heteroatoms. The third kappa shape index (κ3) is 5.30. The van der Waals surface area contributed by atoms with Crippen LogP contribution in [0.15, 0.2) is 47.4 Å². The first-order valence-corrected chi connectivity index (χ1v) is 14.0. The number of halogens is 1. The molecule has 3 aromatic rings. The maximum Gasteiger partial charge on any atom is 0.243 e. The highest BCUT2D eigenvalue weighted by atomic mass is 32.2. The van der Waals surface area contributed by atoms with Gasteiger partial charge < -0.3 is 14.5 Å². The van der Waals surface area contributed by atoms with E-state index in [9.17, 15) is 12.8 Å². The molecule has 192 valence electrons. The van der Waals surface area contributed by atoms with Gasteiger partial charge in [-0.1, -0.05) is 0 Å². The van der Waals surface area contributed by atoms with E-state index in [4.69, 9.17) is 14.7 Å². The van der Waals surface area contributed by atoms with Crippen molar-refractivity contribution >= 4 is 26.7 Å². The van der Waals surface area contributed by atoms with E-state index in [0.717, 1.165) is 55.0 Å². The Morgan fingerprint density at radius 1 is 0.917 bits per heavy atom. The molecule has 8 nitrogen and oxygen atoms in total. The molecule has 0 amide bonds. The van der Waals surface area contributed by atoms with E-state index < -0.39 is 10.0 Å². The van der Waals surface area contributed by atoms with Gasteiger partial charge in [0.2, 0.25) is 10.0 Å². The van der Waals surface area contributed by atoms with Crippen LogP contribution < -0.4 is 9.64 Å². The zero-order chi connectivity index (χ0) is 25.1. The lowest BCUT2D eigenvalue weighted by atomic mass is 10.1. The first kappa shape index (κ1) is 24.9. The molecule has 5 rings (SSSR count). The fraction of sp³-hybridized carbons (Fsp3) is 0.462. The Bertz CT molecular complexity index is 1310. The molecule has 0 aliphatic carbocycles. The summed E-state index contributed by atoms with van der Waals surface area (Å²) in [4.78, 5) is 14.4. The number of hydrogen-bond donors (Lipinski definition) is 0. The van der Waals surface area contributed by atoms with Crippen molar-refractivity contribution in [1.82, 2.24) is 19.2 Å². The van der Waals surface area contributed by atoms with E-state index in [0.29, 0.717) is 38.3 Å². The number of anilines is 1. The van der Waals surface area contributed by atoms with Crippen molar-refractivity contribution in [1.29, 1.82) is 0 Å². The summed E-state index contributed by atoms with van der Waals surface area (Å²) in [5, 5.41) is 0.762. The fourth-order valence-corrected chi connectivity index (χ4v) is 6.36. The molecule has 2 saturated heterocycles. The number of fused-ring (bicyclic) bond motifs is 1. The van der Waals surface area contributed by atoms with Gasteiger partial charge in [0.05, 0.1) is 17.5 Å². The smallest absolute Gasteiger partial charge is 0.243 e. The molecule has 1 aromatic heterocycles. The summed E-state index contributed by atoms with van der Waals surface area (Å²) in [6, 6.07) is 11.2. The summed E-state index contributed by atoms with van der Waals surface area (Å²) in [5.74, 6) is 1.91. The number of piperazine rings is 1. The maximum atomic E-state index is 14.0. The second kappa shape index (κ2) is 10.7. The molecular formula is C26H32FN5O3S. The molecular weight excluding hydrogens is 481 g/mol. The number of aromatic nitrogens is 2. The van der Waals surface area contributed by atoms with E-state index in [1.165, 1.54) is 18.6 Å². The van der Waals surface area contributed by atoms with Crippen molar-refractivity contribution in [3.8, 4) is 5.75 Å². The lowest BCUT2D eigenvalue weighted by Crippen LogP contribution is -2.49. The monoisotopic (exact) mass is 513 g/mol. The highest BCUT2D eigenvalue weighted by Gasteiger charge is 2.28. The van der Waals surface area contributed by atoms with Crippen LogP contribution in [0.3, 0.4) is 0 Å². The summed E-state index contributed by atoms with van der Waals surface area (Å²) in [5.41, 5.74) is 0.761. The molecule has 0 atom stereocenters. The largest absolute Gasteiger partial charge is 0.497 e. The van der Waals surface area contributed by atoms with E-state index in [-0.39, 0.29) is 10.7 Å². The lowest BCUT2D eigenvalue weighted by Gasteiger charge is -2.34. The van der Waals surface area contributed by atoms with E-state index >= 15 is 0 Å². The SMILES string of the molecule is COc1ccc(S(=O)(=O)N2CCN(CCc3nc(N4CCCCC4)c4cc(F)ccc4n3)CC2)cc1. The van der Waals surface area contributed by atoms with Crippen LogP contribution in [0, 0.1) is 5.82 Å². The summed E-state index contributed by atoms with van der Waals surface area (Å²) < 4.78 is 46.7. The standard InChI is InChI=1S/C26H32FN5O3S/c1-35-21-6-8-22(9-7-21)36(33,34)32-17-15-30(16-18-32)14-11-25-28-24-10-5-20(27)19-23(24)26(29-25)31-12-3-2-4-13-31/h5-10,19H,2-4,11-18H2,1H3. The molecule has 0 bridgehead atoms. The molecule has 0 radical (unpaired) electrons. The fourth-order valence-electron chi connectivity index (χ4n) is 4.94. The van der Waals surface area contributed by atoms with Gasteiger partial charge in [-0.25, -0.2) is 22.8 Å². The van der Waals surface area contributed by atoms with Crippen LogP contribution in [0.4, 0.5) is 10.2 Å². The van der Waals surface area contributed by atoms with Crippen molar-refractivity contribution in [2.75, 3.05) is 57.8 Å². The highest BCUT2D eigenvalue weighted by Crippen LogP contribution is 2.28. The number of methoxy groups -OCH3 is 1. The molecule has 36 heavy (non-hydrogen) atoms. The van der Waals surface area contributed by atoms with Crippen molar-refractivity contribution in [2.24, 2.45) is 0 Å². The average molecular weight is 514 g/mol. The van der Waals surface area contributed by atoms with Crippen LogP contribution in [0.1, 0.15) is 25.1 Å². The van der Waals surface area contributed by atoms with Gasteiger partial charge in [-0.15, -0.1) is 0 Å². The topological polar surface area (TPSA) is 78.9 Å². The van der Waals surface area contributed by atoms with Crippen LogP contribution in [0.5, 0.6) is 5.75 Å². The van der Waals surface area contributed by atoms with Crippen LogP contribution in [-0.2, 0) is 16.4 Å². The summed E-state index contributed by atoms with van der Waals surface area (Å²) in [7, 11) is -1.98. The second-order valence-corrected chi connectivity index (χ2v) is 11.3. The molecule has 2 aromatic carbocycles. The summed E-state index contributed by atoms with van der Waals surface area (Å²) in [6.07, 6.45) is 4.08. The normalized spacial score (nSPS) is 18.0. The first-order valence-electron chi connectivity index (χ1n) is 12.5. The zero-order valence-corrected chi connectivity index (χ0v) is 21.4. The van der Waals surface area contributed by atoms with Crippen LogP contribution in [0.2, 0.25) is 0 Å². The van der Waals surface area contributed by atoms with Crippen molar-refractivity contribution in [3.05, 3.63) is 54.1 Å². The van der Waals surface area contributed by atoms with E-state index in [1.807, 2.05) is 0 Å². The Kier molecular flexibility index (Phi) is 7.36. The minimum absolute atomic E-state index is 0.278. The predicted molar refractivity (Wildman–Crippen MR) is 137 cm³/mol. The Balaban J connectivity index is 1.24. The third-order valence-corrected chi connectivity index (χ3v) is 8.93. The number of piperidine rings is 1. The van der Waals surface area contributed by atoms with Gasteiger partial charge in [-0.2, -0.15) is 4.31 Å². The summed E-state index contributed by atoms with van der Waals surface area (Å²) >= 11 is 0. The number of nitrogens with zero attached hydrogens (tertiary/aromatic N) is 5. The molecule has 0 saturated carbocycles. The molecule has 2 aliphatic heterocycles. The van der Waals surface area contributed by atoms with Gasteiger partial charge in [0, 0.05) is 57.6 Å². The first-order chi connectivity index (χ1) is 17.4. The molecule has 0 spiro atoms. The van der Waals surface area contributed by atoms with Gasteiger partial charge in [0.25, 0.3) is 0 Å². The van der Waals surface area contributed by atoms with Crippen molar-refractivity contribution in [3.63, 3.8) is 0 Å². The highest BCUT2D eigenvalue weighted by molar-refractivity contribution is 7.89. The zero-order valence-electron chi connectivity index (χ0n) is 20.6. The Hall–Kier alpha value is -2.82.